The number of hydrogen-bond donors (Lipinski definition) is 0. The van der Waals surface area contributed by atoms with Gasteiger partial charge in [-0.05, 0) is 23.3 Å². The van der Waals surface area contributed by atoms with E-state index in [9.17, 15) is 0 Å². The molecular weight excluding hydrogens is 282 g/mol. The molecule has 3 rings (SSSR count). The third-order valence-corrected chi connectivity index (χ3v) is 3.46. The molecular formula is C20H19N3. The maximum absolute atomic E-state index is 4.44. The average Bonchev–Trinajstić information content (AvgIpc) is 2.62. The Hall–Kier alpha value is -2.94. The second-order valence-electron chi connectivity index (χ2n) is 5.32. The zero-order valence-corrected chi connectivity index (χ0v) is 12.9. The summed E-state index contributed by atoms with van der Waals surface area (Å²) in [4.78, 5) is 0. The van der Waals surface area contributed by atoms with Crippen molar-refractivity contribution in [2.24, 2.45) is 10.3 Å². The third kappa shape index (κ3) is 4.78. The quantitative estimate of drug-likeness (QED) is 0.443. The second kappa shape index (κ2) is 7.90. The standard InChI is InChI=1S/C20H19N3/c1-4-10-18(11-5-1)16-23(17-19-12-6-2-7-13-19)22-21-20-14-8-3-9-15-20/h1-15H,16-17H2. The highest BCUT2D eigenvalue weighted by atomic mass is 15.5. The van der Waals surface area contributed by atoms with Crippen molar-refractivity contribution in [3.8, 4) is 0 Å². The van der Waals surface area contributed by atoms with Crippen LogP contribution < -0.4 is 0 Å². The molecule has 3 aromatic rings. The van der Waals surface area contributed by atoms with Gasteiger partial charge < -0.3 is 0 Å². The van der Waals surface area contributed by atoms with Gasteiger partial charge in [-0.25, -0.2) is 0 Å². The average molecular weight is 301 g/mol. The van der Waals surface area contributed by atoms with Crippen LogP contribution in [0.3, 0.4) is 0 Å². The molecule has 0 aliphatic carbocycles. The zero-order valence-electron chi connectivity index (χ0n) is 12.9. The summed E-state index contributed by atoms with van der Waals surface area (Å²) in [6.07, 6.45) is 0. The van der Waals surface area contributed by atoms with Crippen LogP contribution in [-0.4, -0.2) is 5.01 Å². The molecule has 114 valence electrons. The smallest absolute Gasteiger partial charge is 0.0874 e. The lowest BCUT2D eigenvalue weighted by atomic mass is 10.2. The van der Waals surface area contributed by atoms with Gasteiger partial charge in [0.2, 0.25) is 0 Å². The lowest BCUT2D eigenvalue weighted by Crippen LogP contribution is -2.15. The van der Waals surface area contributed by atoms with E-state index in [1.165, 1.54) is 11.1 Å². The second-order valence-corrected chi connectivity index (χ2v) is 5.32. The molecule has 0 unspecified atom stereocenters. The van der Waals surface area contributed by atoms with Crippen LogP contribution in [0.2, 0.25) is 0 Å². The van der Waals surface area contributed by atoms with Gasteiger partial charge in [-0.2, -0.15) is 0 Å². The van der Waals surface area contributed by atoms with Crippen molar-refractivity contribution in [1.29, 1.82) is 0 Å². The summed E-state index contributed by atoms with van der Waals surface area (Å²) in [5.41, 5.74) is 3.30. The molecule has 3 nitrogen and oxygen atoms in total. The first-order valence-electron chi connectivity index (χ1n) is 7.70. The Balaban J connectivity index is 1.76. The van der Waals surface area contributed by atoms with E-state index in [4.69, 9.17) is 0 Å². The fraction of sp³-hybridized carbons (Fsp3) is 0.100. The highest BCUT2D eigenvalue weighted by molar-refractivity contribution is 5.34. The zero-order chi connectivity index (χ0) is 15.7. The van der Waals surface area contributed by atoms with Crippen LogP contribution in [0.5, 0.6) is 0 Å². The first-order chi connectivity index (χ1) is 11.4. The van der Waals surface area contributed by atoms with Gasteiger partial charge in [0.1, 0.15) is 0 Å². The molecule has 0 aliphatic heterocycles. The van der Waals surface area contributed by atoms with E-state index in [-0.39, 0.29) is 0 Å². The molecule has 0 saturated carbocycles. The molecule has 0 heterocycles. The molecule has 3 heteroatoms. The van der Waals surface area contributed by atoms with E-state index in [0.717, 1.165) is 18.8 Å². The van der Waals surface area contributed by atoms with Crippen molar-refractivity contribution >= 4 is 5.69 Å². The lowest BCUT2D eigenvalue weighted by Gasteiger charge is -2.18. The Bertz CT molecular complexity index is 683. The normalized spacial score (nSPS) is 10.8. The molecule has 0 aliphatic rings. The molecule has 0 saturated heterocycles. The van der Waals surface area contributed by atoms with E-state index in [1.807, 2.05) is 71.7 Å². The summed E-state index contributed by atoms with van der Waals surface area (Å²) in [6.45, 7) is 1.46. The minimum Gasteiger partial charge on any atom is -0.270 e. The van der Waals surface area contributed by atoms with Crippen molar-refractivity contribution < 1.29 is 0 Å². The van der Waals surface area contributed by atoms with E-state index in [1.54, 1.807) is 0 Å². The number of benzene rings is 3. The van der Waals surface area contributed by atoms with Crippen LogP contribution in [0, 0.1) is 0 Å². The minimum atomic E-state index is 0.728. The topological polar surface area (TPSA) is 28.0 Å². The first kappa shape index (κ1) is 15.0. The molecule has 0 spiro atoms. The van der Waals surface area contributed by atoms with Gasteiger partial charge in [-0.1, -0.05) is 84.1 Å². The Morgan fingerprint density at radius 2 is 1.00 bits per heavy atom. The van der Waals surface area contributed by atoms with Crippen LogP contribution >= 0.6 is 0 Å². The molecule has 0 amide bonds. The molecule has 0 bridgehead atoms. The first-order valence-corrected chi connectivity index (χ1v) is 7.70. The van der Waals surface area contributed by atoms with Gasteiger partial charge in [-0.3, -0.25) is 5.01 Å². The van der Waals surface area contributed by atoms with Crippen molar-refractivity contribution in [3.05, 3.63) is 102 Å². The Kier molecular flexibility index (Phi) is 5.14. The summed E-state index contributed by atoms with van der Waals surface area (Å²) in [6, 6.07) is 30.5. The maximum atomic E-state index is 4.44. The van der Waals surface area contributed by atoms with Crippen LogP contribution in [0.25, 0.3) is 0 Å². The van der Waals surface area contributed by atoms with Gasteiger partial charge in [0.05, 0.1) is 18.8 Å². The van der Waals surface area contributed by atoms with Gasteiger partial charge in [0.15, 0.2) is 0 Å². The highest BCUT2D eigenvalue weighted by Crippen LogP contribution is 2.15. The molecule has 0 aromatic heterocycles. The Morgan fingerprint density at radius 3 is 1.48 bits per heavy atom. The van der Waals surface area contributed by atoms with Crippen molar-refractivity contribution in [2.45, 2.75) is 13.1 Å². The predicted molar refractivity (Wildman–Crippen MR) is 93.1 cm³/mol. The van der Waals surface area contributed by atoms with Crippen LogP contribution in [-0.2, 0) is 13.1 Å². The van der Waals surface area contributed by atoms with Crippen LogP contribution in [0.1, 0.15) is 11.1 Å². The van der Waals surface area contributed by atoms with Gasteiger partial charge in [0, 0.05) is 0 Å². The van der Waals surface area contributed by atoms with Gasteiger partial charge >= 0.3 is 0 Å². The molecule has 3 aromatic carbocycles. The summed E-state index contributed by atoms with van der Waals surface area (Å²) in [5.74, 6) is 0. The van der Waals surface area contributed by atoms with E-state index in [0.29, 0.717) is 0 Å². The minimum absolute atomic E-state index is 0.728. The number of rotatable bonds is 6. The van der Waals surface area contributed by atoms with Crippen LogP contribution in [0.15, 0.2) is 101 Å². The summed E-state index contributed by atoms with van der Waals surface area (Å²) >= 11 is 0. The molecule has 0 atom stereocenters. The molecule has 0 fully saturated rings. The number of hydrogen-bond acceptors (Lipinski definition) is 2. The SMILES string of the molecule is c1ccc(CN(Cc2ccccc2)N=Nc2ccccc2)cc1. The fourth-order valence-corrected chi connectivity index (χ4v) is 2.32. The highest BCUT2D eigenvalue weighted by Gasteiger charge is 2.04. The van der Waals surface area contributed by atoms with E-state index in [2.05, 4.69) is 34.6 Å². The molecule has 23 heavy (non-hydrogen) atoms. The van der Waals surface area contributed by atoms with E-state index < -0.39 is 0 Å². The Labute approximate surface area is 136 Å². The fourth-order valence-electron chi connectivity index (χ4n) is 2.32. The van der Waals surface area contributed by atoms with Crippen molar-refractivity contribution in [3.63, 3.8) is 0 Å². The molecule has 0 radical (unpaired) electrons. The lowest BCUT2D eigenvalue weighted by molar-refractivity contribution is 0.252. The summed E-state index contributed by atoms with van der Waals surface area (Å²) in [5, 5.41) is 10.8. The van der Waals surface area contributed by atoms with E-state index >= 15 is 0 Å². The monoisotopic (exact) mass is 301 g/mol. The molecule has 0 N–H and O–H groups in total. The number of nitrogens with zero attached hydrogens (tertiary/aromatic N) is 3. The van der Waals surface area contributed by atoms with Crippen LogP contribution in [0.4, 0.5) is 5.69 Å². The third-order valence-electron chi connectivity index (χ3n) is 3.46. The van der Waals surface area contributed by atoms with Gasteiger partial charge in [-0.15, -0.1) is 5.11 Å². The largest absolute Gasteiger partial charge is 0.270 e. The summed E-state index contributed by atoms with van der Waals surface area (Å²) < 4.78 is 0. The van der Waals surface area contributed by atoms with Gasteiger partial charge in [0.25, 0.3) is 0 Å². The Morgan fingerprint density at radius 1 is 0.565 bits per heavy atom. The predicted octanol–water partition coefficient (Wildman–Crippen LogP) is 5.39. The maximum Gasteiger partial charge on any atom is 0.0874 e. The van der Waals surface area contributed by atoms with Crippen molar-refractivity contribution in [2.75, 3.05) is 0 Å². The van der Waals surface area contributed by atoms with Crippen molar-refractivity contribution in [1.82, 2.24) is 5.01 Å². The summed E-state index contributed by atoms with van der Waals surface area (Å²) in [7, 11) is 0.